The van der Waals surface area contributed by atoms with E-state index in [1.807, 2.05) is 18.2 Å². The summed E-state index contributed by atoms with van der Waals surface area (Å²) in [7, 11) is 0. The van der Waals surface area contributed by atoms with Gasteiger partial charge in [0.15, 0.2) is 5.75 Å². The maximum absolute atomic E-state index is 5.84. The van der Waals surface area contributed by atoms with Crippen LogP contribution in [0.3, 0.4) is 0 Å². The Morgan fingerprint density at radius 3 is 2.83 bits per heavy atom. The second-order valence-electron chi connectivity index (χ2n) is 2.43. The van der Waals surface area contributed by atoms with Gasteiger partial charge in [-0.25, -0.2) is 0 Å². The van der Waals surface area contributed by atoms with Crippen molar-refractivity contribution in [1.82, 2.24) is 5.48 Å². The van der Waals surface area contributed by atoms with Crippen molar-refractivity contribution in [3.8, 4) is 5.75 Å². The maximum atomic E-state index is 5.84. The molecule has 0 unspecified atom stereocenters. The third-order valence-corrected chi connectivity index (χ3v) is 1.68. The van der Waals surface area contributed by atoms with Gasteiger partial charge in [0, 0.05) is 6.54 Å². The molecule has 0 atom stereocenters. The van der Waals surface area contributed by atoms with Gasteiger partial charge < -0.3 is 4.84 Å². The molecule has 0 saturated heterocycles. The number of rotatable bonds is 4. The van der Waals surface area contributed by atoms with Crippen molar-refractivity contribution in [3.05, 3.63) is 29.3 Å². The molecule has 0 heterocycles. The molecule has 0 bridgehead atoms. The smallest absolute Gasteiger partial charge is 0.165 e. The van der Waals surface area contributed by atoms with Crippen molar-refractivity contribution in [3.63, 3.8) is 0 Å². The van der Waals surface area contributed by atoms with Crippen LogP contribution in [0.15, 0.2) is 24.3 Å². The van der Waals surface area contributed by atoms with Crippen LogP contribution in [0.5, 0.6) is 5.75 Å². The van der Waals surface area contributed by atoms with E-state index in [0.29, 0.717) is 10.8 Å². The average Bonchev–Trinajstić information content (AvgIpc) is 2.09. The molecular weight excluding hydrogens is 174 g/mol. The molecule has 0 aromatic heterocycles. The van der Waals surface area contributed by atoms with Gasteiger partial charge in [0.05, 0.1) is 5.02 Å². The molecule has 1 aromatic rings. The second-order valence-corrected chi connectivity index (χ2v) is 2.83. The van der Waals surface area contributed by atoms with E-state index in [1.165, 1.54) is 0 Å². The first-order valence-electron chi connectivity index (χ1n) is 3.99. The summed E-state index contributed by atoms with van der Waals surface area (Å²) in [6, 6.07) is 7.37. The Morgan fingerprint density at radius 2 is 2.17 bits per heavy atom. The minimum atomic E-state index is 0.626. The zero-order valence-corrected chi connectivity index (χ0v) is 7.77. The van der Waals surface area contributed by atoms with Crippen LogP contribution >= 0.6 is 11.6 Å². The van der Waals surface area contributed by atoms with Crippen LogP contribution < -0.4 is 10.3 Å². The van der Waals surface area contributed by atoms with Crippen LogP contribution in [0.1, 0.15) is 13.3 Å². The highest BCUT2D eigenvalue weighted by atomic mass is 35.5. The standard InChI is InChI=1S/C9H12ClNO/c1-2-7-11-12-9-6-4-3-5-8(9)10/h3-6,11H,2,7H2,1H3. The summed E-state index contributed by atoms with van der Waals surface area (Å²) in [6.45, 7) is 2.90. The first kappa shape index (κ1) is 9.36. The average molecular weight is 186 g/mol. The maximum Gasteiger partial charge on any atom is 0.165 e. The van der Waals surface area contributed by atoms with Crippen LogP contribution in [0.4, 0.5) is 0 Å². The van der Waals surface area contributed by atoms with E-state index in [-0.39, 0.29) is 0 Å². The van der Waals surface area contributed by atoms with Gasteiger partial charge in [-0.05, 0) is 18.6 Å². The predicted octanol–water partition coefficient (Wildman–Crippen LogP) is 2.63. The lowest BCUT2D eigenvalue weighted by Crippen LogP contribution is -2.19. The monoisotopic (exact) mass is 185 g/mol. The summed E-state index contributed by atoms with van der Waals surface area (Å²) in [5, 5.41) is 0.626. The number of hydroxylamine groups is 1. The zero-order valence-electron chi connectivity index (χ0n) is 7.01. The highest BCUT2D eigenvalue weighted by Crippen LogP contribution is 2.21. The SMILES string of the molecule is CCCNOc1ccccc1Cl. The van der Waals surface area contributed by atoms with Gasteiger partial charge in [0.2, 0.25) is 0 Å². The molecule has 2 nitrogen and oxygen atoms in total. The molecule has 1 aromatic carbocycles. The van der Waals surface area contributed by atoms with Crippen LogP contribution in [0.25, 0.3) is 0 Å². The first-order valence-corrected chi connectivity index (χ1v) is 4.36. The number of nitrogens with one attached hydrogen (secondary N) is 1. The summed E-state index contributed by atoms with van der Waals surface area (Å²) in [5.41, 5.74) is 2.81. The van der Waals surface area contributed by atoms with Gasteiger partial charge in [-0.3, -0.25) is 0 Å². The quantitative estimate of drug-likeness (QED) is 0.575. The largest absolute Gasteiger partial charge is 0.407 e. The summed E-state index contributed by atoms with van der Waals surface area (Å²) >= 11 is 5.84. The van der Waals surface area contributed by atoms with Crippen LogP contribution in [0, 0.1) is 0 Å². The van der Waals surface area contributed by atoms with E-state index in [2.05, 4.69) is 12.4 Å². The van der Waals surface area contributed by atoms with E-state index < -0.39 is 0 Å². The number of hydrogen-bond acceptors (Lipinski definition) is 2. The minimum absolute atomic E-state index is 0.626. The van der Waals surface area contributed by atoms with Gasteiger partial charge in [-0.15, -0.1) is 0 Å². The molecule has 0 saturated carbocycles. The lowest BCUT2D eigenvalue weighted by molar-refractivity contribution is 0.196. The molecule has 1 N–H and O–H groups in total. The Balaban J connectivity index is 2.46. The zero-order chi connectivity index (χ0) is 8.81. The number of halogens is 1. The van der Waals surface area contributed by atoms with Gasteiger partial charge in [0.25, 0.3) is 0 Å². The van der Waals surface area contributed by atoms with Gasteiger partial charge in [0.1, 0.15) is 0 Å². The fourth-order valence-corrected chi connectivity index (χ4v) is 0.933. The summed E-state index contributed by atoms with van der Waals surface area (Å²) < 4.78 is 0. The molecule has 66 valence electrons. The van der Waals surface area contributed by atoms with Crippen molar-refractivity contribution in [2.75, 3.05) is 6.54 Å². The molecule has 12 heavy (non-hydrogen) atoms. The lowest BCUT2D eigenvalue weighted by atomic mass is 10.3. The number of hydrogen-bond donors (Lipinski definition) is 1. The van der Waals surface area contributed by atoms with Crippen molar-refractivity contribution in [2.24, 2.45) is 0 Å². The Labute approximate surface area is 77.4 Å². The van der Waals surface area contributed by atoms with Gasteiger partial charge in [-0.2, -0.15) is 5.48 Å². The molecular formula is C9H12ClNO. The first-order chi connectivity index (χ1) is 5.84. The van der Waals surface area contributed by atoms with Crippen LogP contribution in [-0.4, -0.2) is 6.54 Å². The normalized spacial score (nSPS) is 9.83. The number of para-hydroxylation sites is 1. The molecule has 0 aliphatic carbocycles. The van der Waals surface area contributed by atoms with Crippen LogP contribution in [-0.2, 0) is 0 Å². The van der Waals surface area contributed by atoms with Crippen molar-refractivity contribution in [2.45, 2.75) is 13.3 Å². The van der Waals surface area contributed by atoms with Crippen molar-refractivity contribution >= 4 is 11.6 Å². The lowest BCUT2D eigenvalue weighted by Gasteiger charge is -2.06. The molecule has 1 rings (SSSR count). The van der Waals surface area contributed by atoms with Crippen molar-refractivity contribution in [1.29, 1.82) is 0 Å². The summed E-state index contributed by atoms with van der Waals surface area (Å²) in [4.78, 5) is 5.20. The van der Waals surface area contributed by atoms with E-state index in [1.54, 1.807) is 6.07 Å². The topological polar surface area (TPSA) is 21.3 Å². The van der Waals surface area contributed by atoms with Gasteiger partial charge >= 0.3 is 0 Å². The van der Waals surface area contributed by atoms with E-state index in [4.69, 9.17) is 16.4 Å². The van der Waals surface area contributed by atoms with Gasteiger partial charge in [-0.1, -0.05) is 30.7 Å². The molecule has 0 aliphatic rings. The third kappa shape index (κ3) is 2.72. The molecule has 0 spiro atoms. The molecule has 0 aliphatic heterocycles. The minimum Gasteiger partial charge on any atom is -0.407 e. The molecule has 0 fully saturated rings. The molecule has 0 amide bonds. The second kappa shape index (κ2) is 5.01. The predicted molar refractivity (Wildman–Crippen MR) is 50.4 cm³/mol. The summed E-state index contributed by atoms with van der Waals surface area (Å²) in [5.74, 6) is 0.674. The Hall–Kier alpha value is -0.730. The van der Waals surface area contributed by atoms with E-state index >= 15 is 0 Å². The Bertz CT molecular complexity index is 240. The molecule has 0 radical (unpaired) electrons. The van der Waals surface area contributed by atoms with Crippen molar-refractivity contribution < 1.29 is 4.84 Å². The van der Waals surface area contributed by atoms with Crippen LogP contribution in [0.2, 0.25) is 5.02 Å². The van der Waals surface area contributed by atoms with E-state index in [9.17, 15) is 0 Å². The fourth-order valence-electron chi connectivity index (χ4n) is 0.758. The summed E-state index contributed by atoms with van der Waals surface area (Å²) in [6.07, 6.45) is 1.03. The highest BCUT2D eigenvalue weighted by molar-refractivity contribution is 6.32. The number of benzene rings is 1. The Kier molecular flexibility index (Phi) is 3.91. The third-order valence-electron chi connectivity index (χ3n) is 1.37. The van der Waals surface area contributed by atoms with E-state index in [0.717, 1.165) is 13.0 Å². The highest BCUT2D eigenvalue weighted by Gasteiger charge is 1.97. The fraction of sp³-hybridized carbons (Fsp3) is 0.333. The Morgan fingerprint density at radius 1 is 1.42 bits per heavy atom. The molecule has 3 heteroatoms.